The first-order valence-electron chi connectivity index (χ1n) is 7.53. The van der Waals surface area contributed by atoms with Gasteiger partial charge in [0.15, 0.2) is 0 Å². The fourth-order valence-corrected chi connectivity index (χ4v) is 2.80. The monoisotopic (exact) mass is 377 g/mol. The number of anilines is 3. The third-order valence-electron chi connectivity index (χ3n) is 3.25. The number of pyridine rings is 1. The molecule has 0 saturated carbocycles. The SMILES string of the molecule is CNc1nc(Nc2cccc(SC(F)(F)F)c2)cc(-c2cccnc2)n1. The average Bonchev–Trinajstić information content (AvgIpc) is 2.61. The summed E-state index contributed by atoms with van der Waals surface area (Å²) >= 11 is -0.160. The second-order valence-corrected chi connectivity index (χ2v) is 6.29. The van der Waals surface area contributed by atoms with E-state index in [2.05, 4.69) is 25.6 Å². The first-order valence-corrected chi connectivity index (χ1v) is 8.35. The van der Waals surface area contributed by atoms with Crippen LogP contribution in [-0.4, -0.2) is 27.5 Å². The zero-order chi connectivity index (χ0) is 18.6. The van der Waals surface area contributed by atoms with E-state index in [-0.39, 0.29) is 16.7 Å². The van der Waals surface area contributed by atoms with Gasteiger partial charge >= 0.3 is 5.51 Å². The van der Waals surface area contributed by atoms with Crippen LogP contribution < -0.4 is 10.6 Å². The van der Waals surface area contributed by atoms with Crippen molar-refractivity contribution < 1.29 is 13.2 Å². The lowest BCUT2D eigenvalue weighted by molar-refractivity contribution is -0.0328. The Labute approximate surface area is 152 Å². The molecule has 2 N–H and O–H groups in total. The summed E-state index contributed by atoms with van der Waals surface area (Å²) in [6.07, 6.45) is 3.33. The number of nitrogens with one attached hydrogen (secondary N) is 2. The summed E-state index contributed by atoms with van der Waals surface area (Å²) in [5, 5.41) is 5.89. The van der Waals surface area contributed by atoms with Crippen LogP contribution in [0.2, 0.25) is 0 Å². The van der Waals surface area contributed by atoms with Crippen LogP contribution in [0.1, 0.15) is 0 Å². The molecular weight excluding hydrogens is 363 g/mol. The molecule has 0 aliphatic heterocycles. The molecule has 26 heavy (non-hydrogen) atoms. The van der Waals surface area contributed by atoms with Gasteiger partial charge in [0, 0.05) is 41.7 Å². The van der Waals surface area contributed by atoms with E-state index in [1.165, 1.54) is 12.1 Å². The topological polar surface area (TPSA) is 62.7 Å². The van der Waals surface area contributed by atoms with E-state index in [0.29, 0.717) is 23.1 Å². The number of aromatic nitrogens is 3. The maximum absolute atomic E-state index is 12.5. The van der Waals surface area contributed by atoms with Crippen molar-refractivity contribution in [1.82, 2.24) is 15.0 Å². The number of halogens is 3. The van der Waals surface area contributed by atoms with Gasteiger partial charge in [-0.25, -0.2) is 4.98 Å². The largest absolute Gasteiger partial charge is 0.446 e. The quantitative estimate of drug-likeness (QED) is 0.615. The van der Waals surface area contributed by atoms with E-state index < -0.39 is 5.51 Å². The zero-order valence-electron chi connectivity index (χ0n) is 13.6. The Bertz CT molecular complexity index is 887. The predicted octanol–water partition coefficient (Wildman–Crippen LogP) is 4.94. The summed E-state index contributed by atoms with van der Waals surface area (Å²) in [7, 11) is 1.69. The van der Waals surface area contributed by atoms with Crippen molar-refractivity contribution in [2.75, 3.05) is 17.7 Å². The Morgan fingerprint density at radius 3 is 2.58 bits per heavy atom. The van der Waals surface area contributed by atoms with E-state index >= 15 is 0 Å². The van der Waals surface area contributed by atoms with Crippen LogP contribution in [-0.2, 0) is 0 Å². The Balaban J connectivity index is 1.89. The van der Waals surface area contributed by atoms with Crippen LogP contribution in [0.3, 0.4) is 0 Å². The van der Waals surface area contributed by atoms with Gasteiger partial charge in [0.2, 0.25) is 5.95 Å². The molecule has 0 unspecified atom stereocenters. The van der Waals surface area contributed by atoms with Crippen LogP contribution >= 0.6 is 11.8 Å². The molecule has 2 heterocycles. The van der Waals surface area contributed by atoms with Gasteiger partial charge in [-0.1, -0.05) is 6.07 Å². The van der Waals surface area contributed by atoms with Gasteiger partial charge < -0.3 is 10.6 Å². The standard InChI is InChI=1S/C17H14F3N5S/c1-21-16-24-14(11-4-3-7-22-10-11)9-15(25-16)23-12-5-2-6-13(8-12)26-17(18,19)20/h2-10H,1H3,(H2,21,23,24,25). The molecular formula is C17H14F3N5S. The second kappa shape index (κ2) is 7.61. The van der Waals surface area contributed by atoms with Crippen molar-refractivity contribution >= 4 is 29.2 Å². The van der Waals surface area contributed by atoms with Gasteiger partial charge in [0.1, 0.15) is 5.82 Å². The molecule has 0 radical (unpaired) electrons. The lowest BCUT2D eigenvalue weighted by Gasteiger charge is -2.11. The molecule has 0 saturated heterocycles. The summed E-state index contributed by atoms with van der Waals surface area (Å²) in [4.78, 5) is 12.8. The van der Waals surface area contributed by atoms with E-state index in [1.807, 2.05) is 6.07 Å². The number of rotatable bonds is 5. The number of benzene rings is 1. The van der Waals surface area contributed by atoms with E-state index in [9.17, 15) is 13.2 Å². The predicted molar refractivity (Wildman–Crippen MR) is 96.4 cm³/mol. The summed E-state index contributed by atoms with van der Waals surface area (Å²) in [6, 6.07) is 11.4. The molecule has 3 rings (SSSR count). The molecule has 0 aliphatic rings. The molecule has 5 nitrogen and oxygen atoms in total. The highest BCUT2D eigenvalue weighted by Gasteiger charge is 2.29. The number of hydrogen-bond donors (Lipinski definition) is 2. The van der Waals surface area contributed by atoms with E-state index in [1.54, 1.807) is 43.7 Å². The van der Waals surface area contributed by atoms with Crippen LogP contribution in [0, 0.1) is 0 Å². The van der Waals surface area contributed by atoms with Gasteiger partial charge in [-0.15, -0.1) is 0 Å². The maximum atomic E-state index is 12.5. The molecule has 0 aliphatic carbocycles. The van der Waals surface area contributed by atoms with Crippen molar-refractivity contribution in [2.45, 2.75) is 10.4 Å². The van der Waals surface area contributed by atoms with Crippen LogP contribution in [0.15, 0.2) is 59.8 Å². The summed E-state index contributed by atoms with van der Waals surface area (Å²) in [5.74, 6) is 0.840. The second-order valence-electron chi connectivity index (χ2n) is 5.15. The molecule has 2 aromatic heterocycles. The van der Waals surface area contributed by atoms with E-state index in [4.69, 9.17) is 0 Å². The number of alkyl halides is 3. The van der Waals surface area contributed by atoms with Gasteiger partial charge in [-0.3, -0.25) is 4.98 Å². The summed E-state index contributed by atoms with van der Waals surface area (Å²) < 4.78 is 37.6. The minimum Gasteiger partial charge on any atom is -0.357 e. The molecule has 0 fully saturated rings. The maximum Gasteiger partial charge on any atom is 0.446 e. The Morgan fingerprint density at radius 1 is 1.04 bits per heavy atom. The van der Waals surface area contributed by atoms with Gasteiger partial charge in [0.05, 0.1) is 5.69 Å². The zero-order valence-corrected chi connectivity index (χ0v) is 14.4. The Hall–Kier alpha value is -2.81. The number of thioether (sulfide) groups is 1. The van der Waals surface area contributed by atoms with Crippen molar-refractivity contribution in [1.29, 1.82) is 0 Å². The minimum absolute atomic E-state index is 0.0953. The highest BCUT2D eigenvalue weighted by molar-refractivity contribution is 8.00. The van der Waals surface area contributed by atoms with E-state index in [0.717, 1.165) is 5.56 Å². The molecule has 0 spiro atoms. The normalized spacial score (nSPS) is 11.2. The number of nitrogens with zero attached hydrogens (tertiary/aromatic N) is 3. The smallest absolute Gasteiger partial charge is 0.357 e. The van der Waals surface area contributed by atoms with Gasteiger partial charge in [0.25, 0.3) is 0 Å². The third-order valence-corrected chi connectivity index (χ3v) is 3.97. The van der Waals surface area contributed by atoms with Gasteiger partial charge in [-0.2, -0.15) is 18.2 Å². The van der Waals surface area contributed by atoms with Crippen molar-refractivity contribution in [3.63, 3.8) is 0 Å². The van der Waals surface area contributed by atoms with Crippen molar-refractivity contribution in [3.8, 4) is 11.3 Å². The Kier molecular flexibility index (Phi) is 5.27. The van der Waals surface area contributed by atoms with Crippen molar-refractivity contribution in [2.24, 2.45) is 0 Å². The average molecular weight is 377 g/mol. The first-order chi connectivity index (χ1) is 12.4. The third kappa shape index (κ3) is 4.85. The highest BCUT2D eigenvalue weighted by atomic mass is 32.2. The fraction of sp³-hybridized carbons (Fsp3) is 0.118. The summed E-state index contributed by atoms with van der Waals surface area (Å²) in [6.45, 7) is 0. The molecule has 3 aromatic rings. The Morgan fingerprint density at radius 2 is 1.88 bits per heavy atom. The van der Waals surface area contributed by atoms with Crippen LogP contribution in [0.5, 0.6) is 0 Å². The van der Waals surface area contributed by atoms with Gasteiger partial charge in [-0.05, 0) is 42.1 Å². The molecule has 0 bridgehead atoms. The number of hydrogen-bond acceptors (Lipinski definition) is 6. The molecule has 0 amide bonds. The van der Waals surface area contributed by atoms with Crippen LogP contribution in [0.4, 0.5) is 30.6 Å². The van der Waals surface area contributed by atoms with Crippen LogP contribution in [0.25, 0.3) is 11.3 Å². The molecule has 9 heteroatoms. The molecule has 1 aromatic carbocycles. The first kappa shape index (κ1) is 18.0. The fourth-order valence-electron chi connectivity index (χ4n) is 2.20. The molecule has 0 atom stereocenters. The highest BCUT2D eigenvalue weighted by Crippen LogP contribution is 2.37. The summed E-state index contributed by atoms with van der Waals surface area (Å²) in [5.41, 5.74) is -2.39. The minimum atomic E-state index is -4.33. The van der Waals surface area contributed by atoms with Crippen molar-refractivity contribution in [3.05, 3.63) is 54.9 Å². The lowest BCUT2D eigenvalue weighted by atomic mass is 10.2. The lowest BCUT2D eigenvalue weighted by Crippen LogP contribution is -2.02. The molecule has 134 valence electrons.